The normalized spacial score (nSPS) is 16.0. The number of carbonyl (C=O) groups excluding carboxylic acids is 1. The molecule has 0 spiro atoms. The number of carbonyl (C=O) groups is 1. The first kappa shape index (κ1) is 18.0. The highest BCUT2D eigenvalue weighted by Gasteiger charge is 2.23. The van der Waals surface area contributed by atoms with Crippen LogP contribution in [-0.2, 0) is 16.6 Å². The number of nitrogens with one attached hydrogen (secondary N) is 2. The largest absolute Gasteiger partial charge is 0.337 e. The first-order valence-corrected chi connectivity index (χ1v) is 9.70. The van der Waals surface area contributed by atoms with Gasteiger partial charge in [-0.1, -0.05) is 30.2 Å². The molecule has 1 heterocycles. The summed E-state index contributed by atoms with van der Waals surface area (Å²) in [5.74, 6) is -0.0718. The molecule has 1 aromatic carbocycles. The molecule has 2 rings (SSSR count). The van der Waals surface area contributed by atoms with Gasteiger partial charge in [0.15, 0.2) is 0 Å². The summed E-state index contributed by atoms with van der Waals surface area (Å²) in [6, 6.07) is 6.80. The molecule has 2 N–H and O–H groups in total. The Kier molecular flexibility index (Phi) is 6.68. The Morgan fingerprint density at radius 2 is 1.91 bits per heavy atom. The van der Waals surface area contributed by atoms with Gasteiger partial charge in [-0.3, -0.25) is 0 Å². The van der Waals surface area contributed by atoms with Crippen LogP contribution in [0.15, 0.2) is 24.3 Å². The lowest BCUT2D eigenvalue weighted by Crippen LogP contribution is -2.42. The number of hydrogen-bond donors (Lipinski definition) is 2. The van der Waals surface area contributed by atoms with Crippen LogP contribution < -0.4 is 10.6 Å². The van der Waals surface area contributed by atoms with Crippen LogP contribution in [-0.4, -0.2) is 44.1 Å². The molecule has 0 unspecified atom stereocenters. The van der Waals surface area contributed by atoms with Gasteiger partial charge in [-0.15, -0.1) is 0 Å². The number of benzene rings is 1. The molecule has 1 aromatic rings. The molecule has 0 aliphatic carbocycles. The molecule has 0 aromatic heterocycles. The quantitative estimate of drug-likeness (QED) is 0.814. The van der Waals surface area contributed by atoms with Crippen LogP contribution >= 0.6 is 11.6 Å². The number of rotatable bonds is 6. The topological polar surface area (TPSA) is 78.5 Å². The molecular formula is C15H22ClN3O3S. The second-order valence-electron chi connectivity index (χ2n) is 5.52. The minimum atomic E-state index is -3.28. The van der Waals surface area contributed by atoms with Crippen LogP contribution in [0.2, 0.25) is 5.02 Å². The number of nitrogens with zero attached hydrogens (tertiary/aromatic N) is 1. The van der Waals surface area contributed by atoms with Gasteiger partial charge < -0.3 is 10.6 Å². The molecule has 1 saturated heterocycles. The molecular weight excluding hydrogens is 338 g/mol. The van der Waals surface area contributed by atoms with Crippen molar-refractivity contribution in [3.8, 4) is 0 Å². The van der Waals surface area contributed by atoms with Crippen molar-refractivity contribution in [2.24, 2.45) is 0 Å². The van der Waals surface area contributed by atoms with Crippen LogP contribution in [0.3, 0.4) is 0 Å². The summed E-state index contributed by atoms with van der Waals surface area (Å²) < 4.78 is 25.8. The van der Waals surface area contributed by atoms with Gasteiger partial charge in [-0.05, 0) is 30.5 Å². The monoisotopic (exact) mass is 359 g/mol. The van der Waals surface area contributed by atoms with Gasteiger partial charge in [0.1, 0.15) is 0 Å². The van der Waals surface area contributed by atoms with E-state index in [9.17, 15) is 13.2 Å². The maximum atomic E-state index is 12.1. The van der Waals surface area contributed by atoms with Gasteiger partial charge in [0.25, 0.3) is 0 Å². The Labute approximate surface area is 142 Å². The average molecular weight is 360 g/mol. The Hall–Kier alpha value is -1.31. The fourth-order valence-electron chi connectivity index (χ4n) is 2.46. The van der Waals surface area contributed by atoms with Crippen LogP contribution in [0.1, 0.15) is 24.8 Å². The minimum Gasteiger partial charge on any atom is -0.337 e. The van der Waals surface area contributed by atoms with E-state index in [1.807, 2.05) is 12.1 Å². The number of urea groups is 1. The Bertz CT molecular complexity index is 631. The van der Waals surface area contributed by atoms with Crippen LogP contribution in [0, 0.1) is 0 Å². The van der Waals surface area contributed by atoms with E-state index < -0.39 is 10.0 Å². The van der Waals surface area contributed by atoms with E-state index in [1.54, 1.807) is 12.1 Å². The van der Waals surface area contributed by atoms with E-state index in [-0.39, 0.29) is 18.3 Å². The zero-order chi connectivity index (χ0) is 16.7. The Morgan fingerprint density at radius 1 is 1.17 bits per heavy atom. The highest BCUT2D eigenvalue weighted by molar-refractivity contribution is 7.89. The van der Waals surface area contributed by atoms with Crippen molar-refractivity contribution < 1.29 is 13.2 Å². The van der Waals surface area contributed by atoms with Crippen molar-refractivity contribution in [3.63, 3.8) is 0 Å². The lowest BCUT2D eigenvalue weighted by atomic mass is 10.2. The third kappa shape index (κ3) is 6.01. The molecule has 1 fully saturated rings. The lowest BCUT2D eigenvalue weighted by molar-refractivity contribution is 0.241. The number of amides is 2. The van der Waals surface area contributed by atoms with E-state index >= 15 is 0 Å². The highest BCUT2D eigenvalue weighted by Crippen LogP contribution is 2.13. The predicted molar refractivity (Wildman–Crippen MR) is 90.9 cm³/mol. The zero-order valence-electron chi connectivity index (χ0n) is 12.9. The number of hydrogen-bond acceptors (Lipinski definition) is 3. The summed E-state index contributed by atoms with van der Waals surface area (Å²) in [6.07, 6.45) is 2.90. The number of halogens is 1. The number of piperidine rings is 1. The Balaban J connectivity index is 1.70. The van der Waals surface area contributed by atoms with Crippen molar-refractivity contribution in [3.05, 3.63) is 34.9 Å². The van der Waals surface area contributed by atoms with Gasteiger partial charge >= 0.3 is 6.03 Å². The van der Waals surface area contributed by atoms with Crippen molar-refractivity contribution in [2.75, 3.05) is 25.4 Å². The van der Waals surface area contributed by atoms with Crippen molar-refractivity contribution in [1.82, 2.24) is 14.9 Å². The summed E-state index contributed by atoms with van der Waals surface area (Å²) in [4.78, 5) is 11.7. The van der Waals surface area contributed by atoms with Gasteiger partial charge in [0.2, 0.25) is 10.0 Å². The molecule has 23 heavy (non-hydrogen) atoms. The van der Waals surface area contributed by atoms with Gasteiger partial charge in [-0.25, -0.2) is 17.5 Å². The van der Waals surface area contributed by atoms with Gasteiger partial charge in [-0.2, -0.15) is 0 Å². The van der Waals surface area contributed by atoms with E-state index in [0.29, 0.717) is 24.7 Å². The molecule has 0 radical (unpaired) electrons. The zero-order valence-corrected chi connectivity index (χ0v) is 14.5. The van der Waals surface area contributed by atoms with Crippen molar-refractivity contribution >= 4 is 27.7 Å². The molecule has 1 aliphatic rings. The standard InChI is InChI=1S/C15H22ClN3O3S/c16-14-6-4-5-13(11-14)12-18-15(20)17-7-10-23(21,22)19-8-2-1-3-9-19/h4-6,11H,1-3,7-10,12H2,(H2,17,18,20). The fourth-order valence-corrected chi connectivity index (χ4v) is 4.10. The van der Waals surface area contributed by atoms with Gasteiger partial charge in [0, 0.05) is 31.2 Å². The average Bonchev–Trinajstić information content (AvgIpc) is 2.54. The fraction of sp³-hybridized carbons (Fsp3) is 0.533. The first-order chi connectivity index (χ1) is 11.0. The summed E-state index contributed by atoms with van der Waals surface area (Å²) in [5, 5.41) is 5.86. The maximum absolute atomic E-state index is 12.1. The molecule has 2 amide bonds. The van der Waals surface area contributed by atoms with Crippen molar-refractivity contribution in [1.29, 1.82) is 0 Å². The molecule has 6 nitrogen and oxygen atoms in total. The molecule has 1 aliphatic heterocycles. The molecule has 128 valence electrons. The predicted octanol–water partition coefficient (Wildman–Crippen LogP) is 1.95. The molecule has 0 saturated carbocycles. The first-order valence-electron chi connectivity index (χ1n) is 7.71. The van der Waals surface area contributed by atoms with Crippen LogP contribution in [0.5, 0.6) is 0 Å². The third-order valence-electron chi connectivity index (χ3n) is 3.70. The van der Waals surface area contributed by atoms with Crippen molar-refractivity contribution in [2.45, 2.75) is 25.8 Å². The van der Waals surface area contributed by atoms with E-state index in [0.717, 1.165) is 24.8 Å². The SMILES string of the molecule is O=C(NCCS(=O)(=O)N1CCCCC1)NCc1cccc(Cl)c1. The molecule has 8 heteroatoms. The van der Waals surface area contributed by atoms with Crippen LogP contribution in [0.25, 0.3) is 0 Å². The summed E-state index contributed by atoms with van der Waals surface area (Å²) in [6.45, 7) is 1.61. The highest BCUT2D eigenvalue weighted by atomic mass is 35.5. The lowest BCUT2D eigenvalue weighted by Gasteiger charge is -2.25. The molecule has 0 bridgehead atoms. The summed E-state index contributed by atoms with van der Waals surface area (Å²) >= 11 is 5.87. The van der Waals surface area contributed by atoms with Crippen LogP contribution in [0.4, 0.5) is 4.79 Å². The second-order valence-corrected chi connectivity index (χ2v) is 8.04. The van der Waals surface area contributed by atoms with E-state index in [2.05, 4.69) is 10.6 Å². The summed E-state index contributed by atoms with van der Waals surface area (Å²) in [5.41, 5.74) is 0.883. The molecule has 0 atom stereocenters. The smallest absolute Gasteiger partial charge is 0.315 e. The maximum Gasteiger partial charge on any atom is 0.315 e. The van der Waals surface area contributed by atoms with E-state index in [1.165, 1.54) is 4.31 Å². The third-order valence-corrected chi connectivity index (χ3v) is 5.80. The van der Waals surface area contributed by atoms with E-state index in [4.69, 9.17) is 11.6 Å². The minimum absolute atomic E-state index is 0.0718. The number of sulfonamides is 1. The van der Waals surface area contributed by atoms with Gasteiger partial charge in [0.05, 0.1) is 5.75 Å². The second kappa shape index (κ2) is 8.52. The summed E-state index contributed by atoms with van der Waals surface area (Å²) in [7, 11) is -3.28. The Morgan fingerprint density at radius 3 is 2.61 bits per heavy atom.